The molecule has 0 saturated heterocycles. The molecule has 0 bridgehead atoms. The number of aromatic nitrogens is 5. The molecule has 234 valence electrons. The van der Waals surface area contributed by atoms with Crippen molar-refractivity contribution in [2.75, 3.05) is 0 Å². The summed E-state index contributed by atoms with van der Waals surface area (Å²) in [6.07, 6.45) is 1.77. The molecule has 5 heteroatoms. The molecule has 9 rings (SSSR count). The maximum atomic E-state index is 5.26. The second-order valence-electron chi connectivity index (χ2n) is 12.1. The van der Waals surface area contributed by atoms with Crippen molar-refractivity contribution >= 4 is 21.8 Å². The van der Waals surface area contributed by atoms with Gasteiger partial charge in [-0.2, -0.15) is 0 Å². The highest BCUT2D eigenvalue weighted by Gasteiger charge is 2.15. The van der Waals surface area contributed by atoms with Crippen molar-refractivity contribution in [2.24, 2.45) is 0 Å². The minimum atomic E-state index is 0.589. The lowest BCUT2D eigenvalue weighted by molar-refractivity contribution is 1.15. The molecule has 5 nitrogen and oxygen atoms in total. The molecule has 0 unspecified atom stereocenters. The van der Waals surface area contributed by atoms with Gasteiger partial charge in [-0.15, -0.1) is 0 Å². The molecule has 50 heavy (non-hydrogen) atoms. The molecule has 9 aromatic rings. The van der Waals surface area contributed by atoms with Crippen LogP contribution in [0, 0.1) is 0 Å². The molecule has 0 spiro atoms. The molecule has 0 aliphatic heterocycles. The molecule has 0 N–H and O–H groups in total. The van der Waals surface area contributed by atoms with Crippen LogP contribution in [0.25, 0.3) is 89.5 Å². The van der Waals surface area contributed by atoms with E-state index >= 15 is 0 Å². The lowest BCUT2D eigenvalue weighted by atomic mass is 9.97. The van der Waals surface area contributed by atoms with Crippen LogP contribution in [0.4, 0.5) is 0 Å². The van der Waals surface area contributed by atoms with E-state index in [0.29, 0.717) is 5.82 Å². The third kappa shape index (κ3) is 5.57. The first-order valence-electron chi connectivity index (χ1n) is 16.6. The van der Waals surface area contributed by atoms with Gasteiger partial charge in [-0.05, 0) is 41.5 Å². The summed E-state index contributed by atoms with van der Waals surface area (Å²) in [5, 5.41) is 2.12. The second-order valence-corrected chi connectivity index (χ2v) is 12.1. The van der Waals surface area contributed by atoms with Gasteiger partial charge in [0.25, 0.3) is 0 Å². The number of fused-ring (bicyclic) bond motifs is 3. The highest BCUT2D eigenvalue weighted by Crippen LogP contribution is 2.36. The van der Waals surface area contributed by atoms with Gasteiger partial charge < -0.3 is 0 Å². The number of pyridine rings is 3. The predicted molar refractivity (Wildman–Crippen MR) is 203 cm³/mol. The average Bonchev–Trinajstić information content (AvgIpc) is 3.21. The van der Waals surface area contributed by atoms with Crippen molar-refractivity contribution in [3.63, 3.8) is 0 Å². The van der Waals surface area contributed by atoms with Gasteiger partial charge in [0.1, 0.15) is 5.69 Å². The van der Waals surface area contributed by atoms with Crippen molar-refractivity contribution in [3.05, 3.63) is 176 Å². The largest absolute Gasteiger partial charge is 0.253 e. The van der Waals surface area contributed by atoms with E-state index in [2.05, 4.69) is 120 Å². The first-order valence-corrected chi connectivity index (χ1v) is 16.6. The van der Waals surface area contributed by atoms with Crippen LogP contribution in [0.5, 0.6) is 0 Å². The molecule has 0 atom stereocenters. The summed E-state index contributed by atoms with van der Waals surface area (Å²) in [5.74, 6) is 0.589. The Balaban J connectivity index is 1.15. The molecule has 0 aliphatic rings. The molecular formula is C45H29N5. The third-order valence-electron chi connectivity index (χ3n) is 8.96. The van der Waals surface area contributed by atoms with Crippen LogP contribution in [-0.2, 0) is 0 Å². The topological polar surface area (TPSA) is 64.5 Å². The molecule has 0 fully saturated rings. The van der Waals surface area contributed by atoms with Crippen LogP contribution in [0.3, 0.4) is 0 Å². The van der Waals surface area contributed by atoms with E-state index < -0.39 is 0 Å². The van der Waals surface area contributed by atoms with Gasteiger partial charge in [-0.3, -0.25) is 4.98 Å². The fraction of sp³-hybridized carbons (Fsp3) is 0. The van der Waals surface area contributed by atoms with Crippen LogP contribution < -0.4 is 0 Å². The Morgan fingerprint density at radius 3 is 1.46 bits per heavy atom. The summed E-state index contributed by atoms with van der Waals surface area (Å²) in [6.45, 7) is 0. The fourth-order valence-electron chi connectivity index (χ4n) is 6.42. The van der Waals surface area contributed by atoms with E-state index in [0.717, 1.165) is 83.7 Å². The number of benzene rings is 5. The Kier molecular flexibility index (Phi) is 7.41. The van der Waals surface area contributed by atoms with Crippen molar-refractivity contribution in [1.82, 2.24) is 24.9 Å². The fourth-order valence-corrected chi connectivity index (χ4v) is 6.42. The summed E-state index contributed by atoms with van der Waals surface area (Å²) in [4.78, 5) is 24.8. The van der Waals surface area contributed by atoms with Gasteiger partial charge in [-0.1, -0.05) is 140 Å². The number of nitrogens with zero attached hydrogens (tertiary/aromatic N) is 5. The van der Waals surface area contributed by atoms with Gasteiger partial charge in [-0.25, -0.2) is 19.9 Å². The first kappa shape index (κ1) is 29.3. The van der Waals surface area contributed by atoms with Crippen molar-refractivity contribution in [3.8, 4) is 67.7 Å². The Bertz CT molecular complexity index is 2550. The lowest BCUT2D eigenvalue weighted by Gasteiger charge is -2.13. The van der Waals surface area contributed by atoms with Gasteiger partial charge >= 0.3 is 0 Å². The molecule has 0 saturated carbocycles. The van der Waals surface area contributed by atoms with Crippen molar-refractivity contribution in [1.29, 1.82) is 0 Å². The molecule has 5 aromatic carbocycles. The lowest BCUT2D eigenvalue weighted by Crippen LogP contribution is -1.97. The number of hydrogen-bond acceptors (Lipinski definition) is 5. The number of hydrogen-bond donors (Lipinski definition) is 0. The van der Waals surface area contributed by atoms with Crippen LogP contribution in [-0.4, -0.2) is 24.9 Å². The Morgan fingerprint density at radius 2 is 0.840 bits per heavy atom. The first-order chi connectivity index (χ1) is 24.8. The van der Waals surface area contributed by atoms with Gasteiger partial charge in [0.05, 0.1) is 33.8 Å². The second kappa shape index (κ2) is 12.6. The van der Waals surface area contributed by atoms with Gasteiger partial charge in [0.15, 0.2) is 5.82 Å². The average molecular weight is 640 g/mol. The quantitative estimate of drug-likeness (QED) is 0.169. The SMILES string of the molecule is c1ccc(-c2cc(-c3ccc(-c4ccc5ccc6c(-c7ccccc7)cc(-c7ccccc7)nc6c5n4)cc3)nc(-c3ccccn3)n2)cc1. The molecule has 0 aliphatic carbocycles. The van der Waals surface area contributed by atoms with Crippen LogP contribution in [0.1, 0.15) is 0 Å². The van der Waals surface area contributed by atoms with Gasteiger partial charge in [0.2, 0.25) is 0 Å². The van der Waals surface area contributed by atoms with E-state index in [9.17, 15) is 0 Å². The minimum Gasteiger partial charge on any atom is -0.253 e. The van der Waals surface area contributed by atoms with Crippen molar-refractivity contribution in [2.45, 2.75) is 0 Å². The summed E-state index contributed by atoms with van der Waals surface area (Å²) in [6, 6.07) is 58.0. The number of rotatable bonds is 6. The molecular weight excluding hydrogens is 611 g/mol. The zero-order chi connectivity index (χ0) is 33.3. The molecule has 4 aromatic heterocycles. The highest BCUT2D eigenvalue weighted by molar-refractivity contribution is 6.09. The Hall–Kier alpha value is -6.85. The van der Waals surface area contributed by atoms with Crippen LogP contribution in [0.15, 0.2) is 176 Å². The zero-order valence-electron chi connectivity index (χ0n) is 27.0. The highest BCUT2D eigenvalue weighted by atomic mass is 14.9. The maximum absolute atomic E-state index is 5.26. The maximum Gasteiger partial charge on any atom is 0.179 e. The van der Waals surface area contributed by atoms with E-state index in [-0.39, 0.29) is 0 Å². The normalized spacial score (nSPS) is 11.2. The zero-order valence-corrected chi connectivity index (χ0v) is 27.0. The molecule has 4 heterocycles. The van der Waals surface area contributed by atoms with E-state index in [4.69, 9.17) is 19.9 Å². The predicted octanol–water partition coefficient (Wildman–Crippen LogP) is 11.0. The van der Waals surface area contributed by atoms with E-state index in [1.165, 1.54) is 0 Å². The van der Waals surface area contributed by atoms with Crippen molar-refractivity contribution < 1.29 is 0 Å². The summed E-state index contributed by atoms with van der Waals surface area (Å²) in [7, 11) is 0. The Morgan fingerprint density at radius 1 is 0.320 bits per heavy atom. The smallest absolute Gasteiger partial charge is 0.179 e. The summed E-state index contributed by atoms with van der Waals surface area (Å²) in [5.41, 5.74) is 12.4. The van der Waals surface area contributed by atoms with E-state index in [1.807, 2.05) is 54.6 Å². The Labute approximate surface area is 289 Å². The van der Waals surface area contributed by atoms with Gasteiger partial charge in [0, 0.05) is 39.2 Å². The summed E-state index contributed by atoms with van der Waals surface area (Å²) < 4.78 is 0. The molecule has 0 amide bonds. The van der Waals surface area contributed by atoms with Crippen LogP contribution >= 0.6 is 0 Å². The molecule has 0 radical (unpaired) electrons. The monoisotopic (exact) mass is 639 g/mol. The standard InChI is InChI=1S/C45H29N5/c1-4-12-30(13-5-1)37-28-40(31-14-6-2-7-15-31)48-44-36(37)25-23-35-24-26-38(47-43(35)44)33-19-21-34(22-20-33)42-29-41(32-16-8-3-9-17-32)49-45(50-42)39-18-10-11-27-46-39/h1-29H. The summed E-state index contributed by atoms with van der Waals surface area (Å²) >= 11 is 0. The van der Waals surface area contributed by atoms with Crippen LogP contribution in [0.2, 0.25) is 0 Å². The third-order valence-corrected chi connectivity index (χ3v) is 8.96. The minimum absolute atomic E-state index is 0.589. The van der Waals surface area contributed by atoms with E-state index in [1.54, 1.807) is 6.20 Å².